The molecule has 0 radical (unpaired) electrons. The Morgan fingerprint density at radius 3 is 2.12 bits per heavy atom. The second-order valence-electron chi connectivity index (χ2n) is 2.85. The third-order valence-electron chi connectivity index (χ3n) is 1.66. The standard InChI is InChI=1S/C9H19N2O5P/c1-5-10-11-8(9(12)14-4)17(13,15-6-2)16-7-3/h8H,5-7H2,1-4H3. The maximum absolute atomic E-state index is 12.3. The largest absolute Gasteiger partial charge is 0.467 e. The molecule has 0 amide bonds. The van der Waals surface area contributed by atoms with Gasteiger partial charge in [-0.1, -0.05) is 0 Å². The van der Waals surface area contributed by atoms with E-state index in [9.17, 15) is 9.36 Å². The minimum atomic E-state index is -3.67. The van der Waals surface area contributed by atoms with E-state index in [1.807, 2.05) is 0 Å². The lowest BCUT2D eigenvalue weighted by molar-refractivity contribution is -0.140. The van der Waals surface area contributed by atoms with Crippen molar-refractivity contribution in [2.45, 2.75) is 26.6 Å². The molecule has 17 heavy (non-hydrogen) atoms. The van der Waals surface area contributed by atoms with Crippen LogP contribution in [-0.2, 0) is 23.1 Å². The van der Waals surface area contributed by atoms with Gasteiger partial charge >= 0.3 is 13.6 Å². The summed E-state index contributed by atoms with van der Waals surface area (Å²) in [5, 5.41) is 7.32. The summed E-state index contributed by atoms with van der Waals surface area (Å²) in [7, 11) is -2.49. The molecule has 0 heterocycles. The van der Waals surface area contributed by atoms with Crippen LogP contribution in [0.5, 0.6) is 0 Å². The third kappa shape index (κ3) is 4.93. The molecular formula is C9H19N2O5P. The summed E-state index contributed by atoms with van der Waals surface area (Å²) in [4.78, 5) is 11.5. The molecule has 7 nitrogen and oxygen atoms in total. The van der Waals surface area contributed by atoms with Gasteiger partial charge in [-0.15, -0.1) is 0 Å². The SMILES string of the molecule is CCN=NC(C(=O)OC)P(=O)(OCC)OCC. The van der Waals surface area contributed by atoms with E-state index in [0.717, 1.165) is 0 Å². The van der Waals surface area contributed by atoms with Crippen molar-refractivity contribution in [1.82, 2.24) is 0 Å². The lowest BCUT2D eigenvalue weighted by atomic mass is 10.7. The van der Waals surface area contributed by atoms with Crippen molar-refractivity contribution in [2.75, 3.05) is 26.9 Å². The molecule has 0 aromatic carbocycles. The van der Waals surface area contributed by atoms with Crippen molar-refractivity contribution in [3.8, 4) is 0 Å². The number of rotatable bonds is 8. The van der Waals surface area contributed by atoms with E-state index in [4.69, 9.17) is 9.05 Å². The van der Waals surface area contributed by atoms with E-state index in [-0.39, 0.29) is 13.2 Å². The molecular weight excluding hydrogens is 247 g/mol. The molecule has 0 aromatic rings. The van der Waals surface area contributed by atoms with Gasteiger partial charge in [0, 0.05) is 0 Å². The molecule has 1 atom stereocenters. The molecule has 0 saturated carbocycles. The molecule has 8 heteroatoms. The highest BCUT2D eigenvalue weighted by Crippen LogP contribution is 2.54. The zero-order chi connectivity index (χ0) is 13.3. The van der Waals surface area contributed by atoms with Crippen molar-refractivity contribution >= 4 is 13.6 Å². The van der Waals surface area contributed by atoms with Gasteiger partial charge in [-0.3, -0.25) is 4.57 Å². The van der Waals surface area contributed by atoms with Crippen LogP contribution in [0.3, 0.4) is 0 Å². The van der Waals surface area contributed by atoms with Gasteiger partial charge in [0.2, 0.25) is 0 Å². The normalized spacial score (nSPS) is 13.9. The second-order valence-corrected chi connectivity index (χ2v) is 4.93. The van der Waals surface area contributed by atoms with Gasteiger partial charge in [0.25, 0.3) is 5.78 Å². The molecule has 0 aromatic heterocycles. The van der Waals surface area contributed by atoms with Gasteiger partial charge in [-0.25, -0.2) is 4.79 Å². The minimum absolute atomic E-state index is 0.145. The number of nitrogens with zero attached hydrogens (tertiary/aromatic N) is 2. The van der Waals surface area contributed by atoms with Crippen molar-refractivity contribution in [3.05, 3.63) is 0 Å². The summed E-state index contributed by atoms with van der Waals surface area (Å²) in [6, 6.07) is 0. The molecule has 0 saturated heterocycles. The summed E-state index contributed by atoms with van der Waals surface area (Å²) < 4.78 is 26.9. The van der Waals surface area contributed by atoms with Gasteiger partial charge < -0.3 is 13.8 Å². The van der Waals surface area contributed by atoms with Crippen LogP contribution in [0.2, 0.25) is 0 Å². The smallest absolute Gasteiger partial charge is 0.368 e. The van der Waals surface area contributed by atoms with Crippen LogP contribution in [-0.4, -0.2) is 38.6 Å². The lowest BCUT2D eigenvalue weighted by Crippen LogP contribution is -2.22. The van der Waals surface area contributed by atoms with Crippen molar-refractivity contribution < 1.29 is 23.1 Å². The first-order valence-electron chi connectivity index (χ1n) is 5.38. The molecule has 0 spiro atoms. The average molecular weight is 266 g/mol. The first-order chi connectivity index (χ1) is 8.05. The van der Waals surface area contributed by atoms with E-state index < -0.39 is 19.3 Å². The number of esters is 1. The Morgan fingerprint density at radius 2 is 1.76 bits per heavy atom. The third-order valence-corrected chi connectivity index (χ3v) is 3.81. The average Bonchev–Trinajstić information content (AvgIpc) is 2.29. The number of ether oxygens (including phenoxy) is 1. The Balaban J connectivity index is 5.13. The van der Waals surface area contributed by atoms with Gasteiger partial charge in [0.05, 0.1) is 26.9 Å². The highest BCUT2D eigenvalue weighted by Gasteiger charge is 2.42. The summed E-state index contributed by atoms with van der Waals surface area (Å²) >= 11 is 0. The summed E-state index contributed by atoms with van der Waals surface area (Å²) in [6.45, 7) is 5.70. The first-order valence-corrected chi connectivity index (χ1v) is 7.00. The van der Waals surface area contributed by atoms with E-state index in [1.54, 1.807) is 20.8 Å². The van der Waals surface area contributed by atoms with Crippen molar-refractivity contribution in [1.29, 1.82) is 0 Å². The number of methoxy groups -OCH3 is 1. The van der Waals surface area contributed by atoms with Gasteiger partial charge in [0.15, 0.2) is 0 Å². The molecule has 100 valence electrons. The molecule has 1 unspecified atom stereocenters. The van der Waals surface area contributed by atoms with E-state index >= 15 is 0 Å². The Morgan fingerprint density at radius 1 is 1.24 bits per heavy atom. The lowest BCUT2D eigenvalue weighted by Gasteiger charge is -2.20. The summed E-state index contributed by atoms with van der Waals surface area (Å²) in [5.74, 6) is -2.14. The fourth-order valence-electron chi connectivity index (χ4n) is 1.04. The maximum Gasteiger partial charge on any atom is 0.368 e. The van der Waals surface area contributed by atoms with Gasteiger partial charge in [-0.05, 0) is 20.8 Å². The quantitative estimate of drug-likeness (QED) is 0.382. The molecule has 0 rings (SSSR count). The topological polar surface area (TPSA) is 86.6 Å². The first kappa shape index (κ1) is 16.2. The van der Waals surface area contributed by atoms with Crippen LogP contribution in [0.25, 0.3) is 0 Å². The molecule has 0 aliphatic rings. The van der Waals surface area contributed by atoms with Crippen molar-refractivity contribution in [3.63, 3.8) is 0 Å². The Labute approximate surface area is 101 Å². The highest BCUT2D eigenvalue weighted by molar-refractivity contribution is 7.55. The molecule has 0 bridgehead atoms. The van der Waals surface area contributed by atoms with Gasteiger partial charge in [0.1, 0.15) is 0 Å². The Kier molecular flexibility index (Phi) is 7.95. The minimum Gasteiger partial charge on any atom is -0.467 e. The number of carbonyl (C=O) groups excluding carboxylic acids is 1. The van der Waals surface area contributed by atoms with E-state index in [2.05, 4.69) is 15.0 Å². The fraction of sp³-hybridized carbons (Fsp3) is 0.889. The van der Waals surface area contributed by atoms with Crippen LogP contribution in [0, 0.1) is 0 Å². The summed E-state index contributed by atoms with van der Waals surface area (Å²) in [6.07, 6.45) is 0. The zero-order valence-corrected chi connectivity index (χ0v) is 11.5. The zero-order valence-electron chi connectivity index (χ0n) is 10.6. The second kappa shape index (κ2) is 8.33. The van der Waals surface area contributed by atoms with Crippen LogP contribution >= 0.6 is 7.60 Å². The Hall–Kier alpha value is -0.780. The molecule has 0 fully saturated rings. The van der Waals surface area contributed by atoms with Crippen molar-refractivity contribution in [2.24, 2.45) is 10.2 Å². The van der Waals surface area contributed by atoms with Crippen LogP contribution in [0.1, 0.15) is 20.8 Å². The fourth-order valence-corrected chi connectivity index (χ4v) is 2.68. The monoisotopic (exact) mass is 266 g/mol. The van der Waals surface area contributed by atoms with E-state index in [1.165, 1.54) is 7.11 Å². The molecule has 0 aliphatic carbocycles. The maximum atomic E-state index is 12.3. The number of hydrogen-bond acceptors (Lipinski definition) is 7. The number of carbonyl (C=O) groups is 1. The number of hydrogen-bond donors (Lipinski definition) is 0. The number of azo groups is 1. The summed E-state index contributed by atoms with van der Waals surface area (Å²) in [5.41, 5.74) is 0. The highest BCUT2D eigenvalue weighted by atomic mass is 31.2. The van der Waals surface area contributed by atoms with Crippen LogP contribution < -0.4 is 0 Å². The predicted octanol–water partition coefficient (Wildman–Crippen LogP) is 2.22. The van der Waals surface area contributed by atoms with Gasteiger partial charge in [-0.2, -0.15) is 10.2 Å². The predicted molar refractivity (Wildman–Crippen MR) is 62.1 cm³/mol. The molecule has 0 aliphatic heterocycles. The molecule has 0 N–H and O–H groups in total. The van der Waals surface area contributed by atoms with Crippen LogP contribution in [0.15, 0.2) is 10.2 Å². The van der Waals surface area contributed by atoms with E-state index in [0.29, 0.717) is 6.54 Å². The van der Waals surface area contributed by atoms with Crippen LogP contribution in [0.4, 0.5) is 0 Å². The Bertz CT molecular complexity index is 298.